The predicted octanol–water partition coefficient (Wildman–Crippen LogP) is 2.53. The Labute approximate surface area is 115 Å². The molecule has 0 atom stereocenters. The molecule has 1 rings (SSSR count). The summed E-state index contributed by atoms with van der Waals surface area (Å²) in [4.78, 5) is 22.8. The molecule has 0 fully saturated rings. The van der Waals surface area contributed by atoms with Gasteiger partial charge in [0.05, 0.1) is 5.56 Å². The molecule has 0 saturated carbocycles. The number of benzene rings is 1. The maximum atomic E-state index is 13.2. The number of rotatable bonds is 6. The molecule has 1 aromatic carbocycles. The first-order chi connectivity index (χ1) is 8.90. The summed E-state index contributed by atoms with van der Waals surface area (Å²) >= 11 is 1.33. The topological polar surface area (TPSA) is 66.4 Å². The molecule has 1 aromatic rings. The highest BCUT2D eigenvalue weighted by Gasteiger charge is 2.11. The van der Waals surface area contributed by atoms with Gasteiger partial charge in [-0.1, -0.05) is 0 Å². The summed E-state index contributed by atoms with van der Waals surface area (Å²) < 4.78 is 13.2. The lowest BCUT2D eigenvalue weighted by molar-refractivity contribution is -0.121. The van der Waals surface area contributed by atoms with Crippen molar-refractivity contribution in [3.8, 4) is 0 Å². The second-order valence-corrected chi connectivity index (χ2v) is 5.44. The van der Waals surface area contributed by atoms with Crippen molar-refractivity contribution in [3.05, 3.63) is 29.6 Å². The second kappa shape index (κ2) is 7.13. The third-order valence-electron chi connectivity index (χ3n) is 2.22. The van der Waals surface area contributed by atoms with Crippen molar-refractivity contribution >= 4 is 23.6 Å². The van der Waals surface area contributed by atoms with Gasteiger partial charge in [0.25, 0.3) is 0 Å². The Hall–Kier alpha value is -1.56. The van der Waals surface area contributed by atoms with Crippen LogP contribution in [0.15, 0.2) is 23.1 Å². The number of carbonyl (C=O) groups excluding carboxylic acids is 1. The van der Waals surface area contributed by atoms with Gasteiger partial charge in [-0.2, -0.15) is 0 Å². The molecule has 0 aliphatic carbocycles. The highest BCUT2D eigenvalue weighted by Crippen LogP contribution is 2.21. The van der Waals surface area contributed by atoms with Crippen LogP contribution in [-0.4, -0.2) is 28.8 Å². The Morgan fingerprint density at radius 3 is 2.68 bits per heavy atom. The molecule has 0 radical (unpaired) electrons. The first-order valence-electron chi connectivity index (χ1n) is 5.85. The Morgan fingerprint density at radius 2 is 2.11 bits per heavy atom. The van der Waals surface area contributed by atoms with Gasteiger partial charge in [-0.15, -0.1) is 11.8 Å². The molecule has 6 heteroatoms. The number of carboxylic acid groups (broad SMARTS) is 1. The first kappa shape index (κ1) is 15.5. The van der Waals surface area contributed by atoms with Crippen LogP contribution in [-0.2, 0) is 4.79 Å². The monoisotopic (exact) mass is 285 g/mol. The SMILES string of the molecule is CC(C)NC(=O)CCSc1ccc(F)c(C(=O)O)c1. The maximum absolute atomic E-state index is 13.2. The summed E-state index contributed by atoms with van der Waals surface area (Å²) in [6.45, 7) is 3.76. The fourth-order valence-electron chi connectivity index (χ4n) is 1.41. The molecule has 0 unspecified atom stereocenters. The standard InChI is InChI=1S/C13H16FNO3S/c1-8(2)15-12(16)5-6-19-9-3-4-11(14)10(7-9)13(17)18/h3-4,7-8H,5-6H2,1-2H3,(H,15,16)(H,17,18). The van der Waals surface area contributed by atoms with Crippen molar-refractivity contribution in [2.24, 2.45) is 0 Å². The molecule has 1 amide bonds. The zero-order valence-corrected chi connectivity index (χ0v) is 11.6. The van der Waals surface area contributed by atoms with Crippen LogP contribution in [0.2, 0.25) is 0 Å². The van der Waals surface area contributed by atoms with Crippen molar-refractivity contribution in [2.75, 3.05) is 5.75 Å². The van der Waals surface area contributed by atoms with E-state index >= 15 is 0 Å². The van der Waals surface area contributed by atoms with Gasteiger partial charge >= 0.3 is 5.97 Å². The van der Waals surface area contributed by atoms with Gasteiger partial charge < -0.3 is 10.4 Å². The molecule has 4 nitrogen and oxygen atoms in total. The molecule has 0 saturated heterocycles. The lowest BCUT2D eigenvalue weighted by Gasteiger charge is -2.08. The smallest absolute Gasteiger partial charge is 0.338 e. The summed E-state index contributed by atoms with van der Waals surface area (Å²) in [7, 11) is 0. The molecular weight excluding hydrogens is 269 g/mol. The fraction of sp³-hybridized carbons (Fsp3) is 0.385. The summed E-state index contributed by atoms with van der Waals surface area (Å²) in [5.41, 5.74) is -0.350. The van der Waals surface area contributed by atoms with E-state index in [0.717, 1.165) is 6.07 Å². The average molecular weight is 285 g/mol. The highest BCUT2D eigenvalue weighted by atomic mass is 32.2. The van der Waals surface area contributed by atoms with Gasteiger partial charge in [-0.05, 0) is 32.0 Å². The zero-order chi connectivity index (χ0) is 14.4. The van der Waals surface area contributed by atoms with Crippen LogP contribution in [0.3, 0.4) is 0 Å². The summed E-state index contributed by atoms with van der Waals surface area (Å²) in [6.07, 6.45) is 0.336. The van der Waals surface area contributed by atoms with Gasteiger partial charge in [-0.25, -0.2) is 9.18 Å². The number of aromatic carboxylic acids is 1. The summed E-state index contributed by atoms with van der Waals surface area (Å²) in [5, 5.41) is 11.6. The second-order valence-electron chi connectivity index (χ2n) is 4.27. The van der Waals surface area contributed by atoms with E-state index in [4.69, 9.17) is 5.11 Å². The number of amides is 1. The normalized spacial score (nSPS) is 10.5. The molecule has 0 aliphatic heterocycles. The highest BCUT2D eigenvalue weighted by molar-refractivity contribution is 7.99. The van der Waals surface area contributed by atoms with E-state index < -0.39 is 11.8 Å². The van der Waals surface area contributed by atoms with E-state index in [-0.39, 0.29) is 17.5 Å². The van der Waals surface area contributed by atoms with E-state index in [1.165, 1.54) is 23.9 Å². The molecule has 0 heterocycles. The van der Waals surface area contributed by atoms with Crippen LogP contribution in [0.25, 0.3) is 0 Å². The zero-order valence-electron chi connectivity index (χ0n) is 10.8. The number of halogens is 1. The van der Waals surface area contributed by atoms with Crippen LogP contribution in [0.1, 0.15) is 30.6 Å². The van der Waals surface area contributed by atoms with E-state index in [1.54, 1.807) is 0 Å². The van der Waals surface area contributed by atoms with E-state index in [0.29, 0.717) is 17.1 Å². The maximum Gasteiger partial charge on any atom is 0.338 e. The number of carbonyl (C=O) groups is 2. The third-order valence-corrected chi connectivity index (χ3v) is 3.21. The number of hydrogen-bond acceptors (Lipinski definition) is 3. The fourth-order valence-corrected chi connectivity index (χ4v) is 2.30. The Bertz CT molecular complexity index is 477. The Kier molecular flexibility index (Phi) is 5.82. The molecule has 104 valence electrons. The van der Waals surface area contributed by atoms with Gasteiger partial charge in [-0.3, -0.25) is 4.79 Å². The lowest BCUT2D eigenvalue weighted by atomic mass is 10.2. The number of thioether (sulfide) groups is 1. The van der Waals surface area contributed by atoms with Crippen LogP contribution >= 0.6 is 11.8 Å². The van der Waals surface area contributed by atoms with Crippen LogP contribution in [0.5, 0.6) is 0 Å². The largest absolute Gasteiger partial charge is 0.478 e. The van der Waals surface area contributed by atoms with Crippen LogP contribution in [0.4, 0.5) is 4.39 Å². The van der Waals surface area contributed by atoms with Gasteiger partial charge in [0.2, 0.25) is 5.91 Å². The Balaban J connectivity index is 2.52. The predicted molar refractivity (Wildman–Crippen MR) is 72.0 cm³/mol. The summed E-state index contributed by atoms with van der Waals surface area (Å²) in [6, 6.07) is 4.01. The van der Waals surface area contributed by atoms with Gasteiger partial charge in [0, 0.05) is 23.1 Å². The van der Waals surface area contributed by atoms with Gasteiger partial charge in [0.1, 0.15) is 5.82 Å². The Morgan fingerprint density at radius 1 is 1.42 bits per heavy atom. The molecule has 0 aliphatic rings. The van der Waals surface area contributed by atoms with Crippen LogP contribution in [0, 0.1) is 5.82 Å². The molecule has 0 bridgehead atoms. The van der Waals surface area contributed by atoms with Crippen molar-refractivity contribution in [1.29, 1.82) is 0 Å². The number of hydrogen-bond donors (Lipinski definition) is 2. The minimum atomic E-state index is -1.29. The number of nitrogens with one attached hydrogen (secondary N) is 1. The van der Waals surface area contributed by atoms with Crippen molar-refractivity contribution in [2.45, 2.75) is 31.2 Å². The first-order valence-corrected chi connectivity index (χ1v) is 6.83. The van der Waals surface area contributed by atoms with Crippen LogP contribution < -0.4 is 5.32 Å². The van der Waals surface area contributed by atoms with E-state index in [1.807, 2.05) is 13.8 Å². The third kappa shape index (κ3) is 5.30. The molecule has 0 aromatic heterocycles. The van der Waals surface area contributed by atoms with E-state index in [9.17, 15) is 14.0 Å². The molecule has 2 N–H and O–H groups in total. The summed E-state index contributed by atoms with van der Waals surface area (Å²) in [5.74, 6) is -1.58. The lowest BCUT2D eigenvalue weighted by Crippen LogP contribution is -2.30. The number of carboxylic acids is 1. The van der Waals surface area contributed by atoms with Crippen molar-refractivity contribution < 1.29 is 19.1 Å². The quantitative estimate of drug-likeness (QED) is 0.788. The molecule has 0 spiro atoms. The average Bonchev–Trinajstić information content (AvgIpc) is 2.30. The molecular formula is C13H16FNO3S. The minimum absolute atomic E-state index is 0.0527. The van der Waals surface area contributed by atoms with E-state index in [2.05, 4.69) is 5.32 Å². The van der Waals surface area contributed by atoms with Crippen molar-refractivity contribution in [1.82, 2.24) is 5.32 Å². The molecule has 19 heavy (non-hydrogen) atoms. The van der Waals surface area contributed by atoms with Crippen molar-refractivity contribution in [3.63, 3.8) is 0 Å². The van der Waals surface area contributed by atoms with Gasteiger partial charge in [0.15, 0.2) is 0 Å². The minimum Gasteiger partial charge on any atom is -0.478 e.